The number of nitrogens with zero attached hydrogens (tertiary/aromatic N) is 2. The number of rotatable bonds is 10. The zero-order valence-corrected chi connectivity index (χ0v) is 15.3. The standard InChI is InChI=1S/C19H32N4O2/c1-17(15-25-16-18-6-3-2-4-7-18)14-22-19(20)21-8-5-9-23-10-12-24-13-11-23/h2-4,6-7,17H,5,8-16H2,1H3,(H3,20,21,22). The molecule has 1 aromatic rings. The molecule has 6 heteroatoms. The lowest BCUT2D eigenvalue weighted by Crippen LogP contribution is -2.39. The Labute approximate surface area is 151 Å². The van der Waals surface area contributed by atoms with Crippen molar-refractivity contribution < 1.29 is 9.47 Å². The summed E-state index contributed by atoms with van der Waals surface area (Å²) in [7, 11) is 0. The van der Waals surface area contributed by atoms with Crippen LogP contribution in [0.15, 0.2) is 35.3 Å². The summed E-state index contributed by atoms with van der Waals surface area (Å²) < 4.78 is 11.1. The van der Waals surface area contributed by atoms with Gasteiger partial charge in [-0.05, 0) is 24.4 Å². The van der Waals surface area contributed by atoms with E-state index in [9.17, 15) is 0 Å². The van der Waals surface area contributed by atoms with Crippen molar-refractivity contribution in [1.29, 1.82) is 0 Å². The fourth-order valence-corrected chi connectivity index (χ4v) is 2.66. The molecule has 1 aliphatic rings. The van der Waals surface area contributed by atoms with Crippen LogP contribution in [0.2, 0.25) is 0 Å². The first-order valence-corrected chi connectivity index (χ1v) is 9.19. The van der Waals surface area contributed by atoms with Crippen molar-refractivity contribution in [3.63, 3.8) is 0 Å². The van der Waals surface area contributed by atoms with Crippen molar-refractivity contribution in [2.75, 3.05) is 52.5 Å². The van der Waals surface area contributed by atoms with E-state index in [0.29, 0.717) is 31.6 Å². The van der Waals surface area contributed by atoms with Crippen LogP contribution >= 0.6 is 0 Å². The van der Waals surface area contributed by atoms with E-state index in [1.54, 1.807) is 0 Å². The molecule has 1 saturated heterocycles. The fourth-order valence-electron chi connectivity index (χ4n) is 2.66. The normalized spacial score (nSPS) is 17.4. The molecule has 6 nitrogen and oxygen atoms in total. The quantitative estimate of drug-likeness (QED) is 0.381. The van der Waals surface area contributed by atoms with Gasteiger partial charge in [-0.15, -0.1) is 0 Å². The molecule has 1 unspecified atom stereocenters. The Balaban J connectivity index is 1.50. The zero-order valence-electron chi connectivity index (χ0n) is 15.3. The summed E-state index contributed by atoms with van der Waals surface area (Å²) in [6.07, 6.45) is 1.06. The molecule has 1 heterocycles. The van der Waals surface area contributed by atoms with Crippen molar-refractivity contribution >= 4 is 5.96 Å². The van der Waals surface area contributed by atoms with Crippen LogP contribution in [-0.2, 0) is 16.1 Å². The van der Waals surface area contributed by atoms with Gasteiger partial charge >= 0.3 is 0 Å². The maximum Gasteiger partial charge on any atom is 0.188 e. The molecule has 140 valence electrons. The van der Waals surface area contributed by atoms with Crippen LogP contribution < -0.4 is 11.1 Å². The van der Waals surface area contributed by atoms with E-state index in [4.69, 9.17) is 15.2 Å². The maximum absolute atomic E-state index is 5.93. The predicted molar refractivity (Wildman–Crippen MR) is 102 cm³/mol. The first-order valence-electron chi connectivity index (χ1n) is 9.19. The van der Waals surface area contributed by atoms with E-state index in [-0.39, 0.29) is 0 Å². The zero-order chi connectivity index (χ0) is 17.7. The maximum atomic E-state index is 5.93. The molecule has 0 saturated carbocycles. The average Bonchev–Trinajstić information content (AvgIpc) is 2.65. The molecular formula is C19H32N4O2. The highest BCUT2D eigenvalue weighted by Crippen LogP contribution is 2.03. The number of hydrogen-bond donors (Lipinski definition) is 2. The Morgan fingerprint density at radius 1 is 1.32 bits per heavy atom. The molecule has 25 heavy (non-hydrogen) atoms. The van der Waals surface area contributed by atoms with Gasteiger partial charge < -0.3 is 20.5 Å². The fraction of sp³-hybridized carbons (Fsp3) is 0.632. The molecule has 0 spiro atoms. The second-order valence-corrected chi connectivity index (χ2v) is 6.57. The molecular weight excluding hydrogens is 316 g/mol. The van der Waals surface area contributed by atoms with Crippen LogP contribution in [0.3, 0.4) is 0 Å². The lowest BCUT2D eigenvalue weighted by Gasteiger charge is -2.26. The smallest absolute Gasteiger partial charge is 0.188 e. The molecule has 0 aliphatic carbocycles. The van der Waals surface area contributed by atoms with Gasteiger partial charge in [0.25, 0.3) is 0 Å². The van der Waals surface area contributed by atoms with Crippen LogP contribution in [0, 0.1) is 5.92 Å². The summed E-state index contributed by atoms with van der Waals surface area (Å²) in [6, 6.07) is 10.2. The number of hydrogen-bond acceptors (Lipinski definition) is 4. The lowest BCUT2D eigenvalue weighted by atomic mass is 10.2. The Bertz CT molecular complexity index is 489. The second kappa shape index (κ2) is 11.8. The van der Waals surface area contributed by atoms with E-state index in [1.807, 2.05) is 18.2 Å². The largest absolute Gasteiger partial charge is 0.379 e. The number of nitrogens with two attached hydrogens (primary N) is 1. The summed E-state index contributed by atoms with van der Waals surface area (Å²) in [5, 5.41) is 3.19. The summed E-state index contributed by atoms with van der Waals surface area (Å²) in [4.78, 5) is 6.83. The van der Waals surface area contributed by atoms with Gasteiger partial charge in [-0.25, -0.2) is 0 Å². The van der Waals surface area contributed by atoms with Gasteiger partial charge in [-0.3, -0.25) is 9.89 Å². The number of aliphatic imine (C=N–C) groups is 1. The van der Waals surface area contributed by atoms with Crippen LogP contribution in [0.1, 0.15) is 18.9 Å². The minimum atomic E-state index is 0.345. The third-order valence-corrected chi connectivity index (χ3v) is 4.15. The van der Waals surface area contributed by atoms with E-state index in [0.717, 1.165) is 45.8 Å². The van der Waals surface area contributed by atoms with E-state index in [2.05, 4.69) is 34.3 Å². The first kappa shape index (κ1) is 19.7. The van der Waals surface area contributed by atoms with Crippen molar-refractivity contribution in [2.24, 2.45) is 16.6 Å². The number of nitrogens with one attached hydrogen (secondary N) is 1. The number of guanidine groups is 1. The van der Waals surface area contributed by atoms with Crippen molar-refractivity contribution in [2.45, 2.75) is 20.0 Å². The molecule has 1 atom stereocenters. The molecule has 0 amide bonds. The van der Waals surface area contributed by atoms with Crippen LogP contribution in [0.5, 0.6) is 0 Å². The molecule has 1 aromatic carbocycles. The molecule has 3 N–H and O–H groups in total. The van der Waals surface area contributed by atoms with Gasteiger partial charge in [0.05, 0.1) is 26.4 Å². The third kappa shape index (κ3) is 8.86. The van der Waals surface area contributed by atoms with Gasteiger partial charge in [0.1, 0.15) is 0 Å². The first-order chi connectivity index (χ1) is 12.2. The summed E-state index contributed by atoms with van der Waals surface area (Å²) in [6.45, 7) is 9.82. The highest BCUT2D eigenvalue weighted by atomic mass is 16.5. The van der Waals surface area contributed by atoms with Crippen molar-refractivity contribution in [3.05, 3.63) is 35.9 Å². The summed E-state index contributed by atoms with van der Waals surface area (Å²) >= 11 is 0. The van der Waals surface area contributed by atoms with Gasteiger partial charge in [0.15, 0.2) is 5.96 Å². The minimum absolute atomic E-state index is 0.345. The van der Waals surface area contributed by atoms with E-state index in [1.165, 1.54) is 5.56 Å². The van der Waals surface area contributed by atoms with Gasteiger partial charge in [0.2, 0.25) is 0 Å². The van der Waals surface area contributed by atoms with Crippen LogP contribution in [-0.4, -0.2) is 63.4 Å². The SMILES string of the molecule is CC(CN=C(N)NCCCN1CCOCC1)COCc1ccccc1. The summed E-state index contributed by atoms with van der Waals surface area (Å²) in [5.41, 5.74) is 7.12. The highest BCUT2D eigenvalue weighted by molar-refractivity contribution is 5.77. The Morgan fingerprint density at radius 3 is 2.84 bits per heavy atom. The molecule has 1 fully saturated rings. The van der Waals surface area contributed by atoms with Gasteiger partial charge in [-0.2, -0.15) is 0 Å². The topological polar surface area (TPSA) is 72.1 Å². The molecule has 0 bridgehead atoms. The Kier molecular flexibility index (Phi) is 9.33. The van der Waals surface area contributed by atoms with Crippen LogP contribution in [0.25, 0.3) is 0 Å². The second-order valence-electron chi connectivity index (χ2n) is 6.57. The van der Waals surface area contributed by atoms with E-state index >= 15 is 0 Å². The van der Waals surface area contributed by atoms with Crippen molar-refractivity contribution in [3.8, 4) is 0 Å². The number of ether oxygens (including phenoxy) is 2. The summed E-state index contributed by atoms with van der Waals surface area (Å²) in [5.74, 6) is 0.870. The highest BCUT2D eigenvalue weighted by Gasteiger charge is 2.09. The predicted octanol–water partition coefficient (Wildman–Crippen LogP) is 1.47. The van der Waals surface area contributed by atoms with Gasteiger partial charge in [0, 0.05) is 26.2 Å². The van der Waals surface area contributed by atoms with E-state index < -0.39 is 0 Å². The molecule has 0 aromatic heterocycles. The molecule has 2 rings (SSSR count). The lowest BCUT2D eigenvalue weighted by molar-refractivity contribution is 0.0376. The molecule has 0 radical (unpaired) electrons. The van der Waals surface area contributed by atoms with Crippen molar-refractivity contribution in [1.82, 2.24) is 10.2 Å². The Hall–Kier alpha value is -1.63. The number of morpholine rings is 1. The Morgan fingerprint density at radius 2 is 2.08 bits per heavy atom. The van der Waals surface area contributed by atoms with Crippen LogP contribution in [0.4, 0.5) is 0 Å². The minimum Gasteiger partial charge on any atom is -0.379 e. The molecule has 1 aliphatic heterocycles. The third-order valence-electron chi connectivity index (χ3n) is 4.15. The average molecular weight is 348 g/mol. The monoisotopic (exact) mass is 348 g/mol. The van der Waals surface area contributed by atoms with Gasteiger partial charge in [-0.1, -0.05) is 37.3 Å². The number of benzene rings is 1.